The Labute approximate surface area is 83.4 Å². The van der Waals surface area contributed by atoms with Crippen molar-refractivity contribution in [3.8, 4) is 0 Å². The minimum Gasteiger partial charge on any atom is -0.469 e. The van der Waals surface area contributed by atoms with Crippen LogP contribution < -0.4 is 5.32 Å². The fourth-order valence-corrected chi connectivity index (χ4v) is 1.68. The maximum atomic E-state index is 11.3. The molecule has 0 unspecified atom stereocenters. The van der Waals surface area contributed by atoms with Gasteiger partial charge in [0.1, 0.15) is 0 Å². The van der Waals surface area contributed by atoms with Gasteiger partial charge in [-0.2, -0.15) is 0 Å². The second-order valence-corrected chi connectivity index (χ2v) is 3.36. The minimum atomic E-state index is -0.224. The number of likely N-dealkylation sites (tertiary alicyclic amines) is 1. The molecule has 0 aromatic heterocycles. The van der Waals surface area contributed by atoms with Crippen molar-refractivity contribution in [2.75, 3.05) is 27.2 Å². The molecule has 5 nitrogen and oxygen atoms in total. The molecule has 0 aromatic carbocycles. The van der Waals surface area contributed by atoms with Gasteiger partial charge in [0, 0.05) is 20.1 Å². The Balaban J connectivity index is 2.51. The van der Waals surface area contributed by atoms with Crippen LogP contribution in [0.15, 0.2) is 0 Å². The van der Waals surface area contributed by atoms with Gasteiger partial charge in [0.2, 0.25) is 0 Å². The normalized spacial score (nSPS) is 21.6. The summed E-state index contributed by atoms with van der Waals surface area (Å²) in [7, 11) is 2.96. The number of hydrogen-bond acceptors (Lipinski definition) is 3. The quantitative estimate of drug-likeness (QED) is 0.615. The molecule has 0 saturated carbocycles. The van der Waals surface area contributed by atoms with Crippen molar-refractivity contribution in [1.82, 2.24) is 10.2 Å². The van der Waals surface area contributed by atoms with Gasteiger partial charge < -0.3 is 15.0 Å². The smallest absolute Gasteiger partial charge is 0.317 e. The van der Waals surface area contributed by atoms with Crippen molar-refractivity contribution in [2.24, 2.45) is 5.92 Å². The van der Waals surface area contributed by atoms with Gasteiger partial charge in [-0.25, -0.2) is 4.79 Å². The Bertz CT molecular complexity index is 208. The number of carbonyl (C=O) groups is 2. The lowest BCUT2D eigenvalue weighted by Crippen LogP contribution is -2.46. The summed E-state index contributed by atoms with van der Waals surface area (Å²) < 4.78 is 4.65. The van der Waals surface area contributed by atoms with Gasteiger partial charge in [-0.05, 0) is 12.8 Å². The van der Waals surface area contributed by atoms with E-state index < -0.39 is 0 Å². The molecule has 1 saturated heterocycles. The maximum Gasteiger partial charge on any atom is 0.317 e. The van der Waals surface area contributed by atoms with Crippen molar-refractivity contribution in [1.29, 1.82) is 0 Å². The Hall–Kier alpha value is -1.26. The highest BCUT2D eigenvalue weighted by Crippen LogP contribution is 2.17. The molecule has 0 aromatic rings. The summed E-state index contributed by atoms with van der Waals surface area (Å²) in [6.45, 7) is 1.18. The third-order valence-electron chi connectivity index (χ3n) is 2.46. The molecule has 1 aliphatic rings. The van der Waals surface area contributed by atoms with Gasteiger partial charge in [-0.3, -0.25) is 4.79 Å². The van der Waals surface area contributed by atoms with Crippen molar-refractivity contribution in [3.63, 3.8) is 0 Å². The standard InChI is InChI=1S/C9H16N2O3/c1-10-9(13)11-5-3-4-7(6-11)8(12)14-2/h7H,3-6H2,1-2H3,(H,10,13)/t7-/m0/s1. The van der Waals surface area contributed by atoms with Crippen molar-refractivity contribution < 1.29 is 14.3 Å². The highest BCUT2D eigenvalue weighted by atomic mass is 16.5. The first-order valence-corrected chi connectivity index (χ1v) is 4.73. The summed E-state index contributed by atoms with van der Waals surface area (Å²) in [4.78, 5) is 24.2. The maximum absolute atomic E-state index is 11.3. The Morgan fingerprint density at radius 2 is 2.21 bits per heavy atom. The van der Waals surface area contributed by atoms with Crippen LogP contribution in [0.5, 0.6) is 0 Å². The second-order valence-electron chi connectivity index (χ2n) is 3.36. The van der Waals surface area contributed by atoms with Gasteiger partial charge >= 0.3 is 12.0 Å². The minimum absolute atomic E-state index is 0.126. The average Bonchev–Trinajstić information content (AvgIpc) is 2.27. The lowest BCUT2D eigenvalue weighted by Gasteiger charge is -2.30. The number of carbonyl (C=O) groups excluding carboxylic acids is 2. The summed E-state index contributed by atoms with van der Waals surface area (Å²) in [5, 5.41) is 2.55. The summed E-state index contributed by atoms with van der Waals surface area (Å²) in [5.41, 5.74) is 0. The van der Waals surface area contributed by atoms with Gasteiger partial charge in [-0.1, -0.05) is 0 Å². The molecule has 80 valence electrons. The lowest BCUT2D eigenvalue weighted by atomic mass is 9.98. The molecule has 2 amide bonds. The highest BCUT2D eigenvalue weighted by molar-refractivity contribution is 5.77. The lowest BCUT2D eigenvalue weighted by molar-refractivity contribution is -0.146. The first kappa shape index (κ1) is 10.8. The van der Waals surface area contributed by atoms with Crippen LogP contribution >= 0.6 is 0 Å². The van der Waals surface area contributed by atoms with Gasteiger partial charge in [0.15, 0.2) is 0 Å². The average molecular weight is 200 g/mol. The van der Waals surface area contributed by atoms with E-state index in [0.29, 0.717) is 13.1 Å². The van der Waals surface area contributed by atoms with E-state index in [9.17, 15) is 9.59 Å². The third-order valence-corrected chi connectivity index (χ3v) is 2.46. The van der Waals surface area contributed by atoms with Crippen LogP contribution in [0, 0.1) is 5.92 Å². The number of nitrogens with one attached hydrogen (secondary N) is 1. The molecule has 14 heavy (non-hydrogen) atoms. The number of amides is 2. The molecule has 1 atom stereocenters. The zero-order valence-corrected chi connectivity index (χ0v) is 8.58. The Kier molecular flexibility index (Phi) is 3.73. The molecule has 0 radical (unpaired) electrons. The molecule has 1 aliphatic heterocycles. The van der Waals surface area contributed by atoms with Crippen LogP contribution in [0.4, 0.5) is 4.79 Å². The fraction of sp³-hybridized carbons (Fsp3) is 0.778. The second kappa shape index (κ2) is 4.83. The number of piperidine rings is 1. The van der Waals surface area contributed by atoms with E-state index in [1.807, 2.05) is 0 Å². The van der Waals surface area contributed by atoms with Crippen molar-refractivity contribution in [2.45, 2.75) is 12.8 Å². The van der Waals surface area contributed by atoms with Crippen LogP contribution in [0.2, 0.25) is 0 Å². The largest absolute Gasteiger partial charge is 0.469 e. The predicted molar refractivity (Wildman–Crippen MR) is 50.8 cm³/mol. The molecule has 0 bridgehead atoms. The zero-order valence-electron chi connectivity index (χ0n) is 8.58. The Morgan fingerprint density at radius 1 is 1.50 bits per heavy atom. The number of hydrogen-bond donors (Lipinski definition) is 1. The monoisotopic (exact) mass is 200 g/mol. The van der Waals surface area contributed by atoms with Crippen molar-refractivity contribution >= 4 is 12.0 Å². The van der Waals surface area contributed by atoms with E-state index in [-0.39, 0.29) is 17.9 Å². The highest BCUT2D eigenvalue weighted by Gasteiger charge is 2.28. The van der Waals surface area contributed by atoms with Gasteiger partial charge in [-0.15, -0.1) is 0 Å². The number of nitrogens with zero attached hydrogens (tertiary/aromatic N) is 1. The van der Waals surface area contributed by atoms with Crippen LogP contribution in [-0.2, 0) is 9.53 Å². The number of methoxy groups -OCH3 is 1. The summed E-state index contributed by atoms with van der Waals surface area (Å²) in [5.74, 6) is -0.385. The SMILES string of the molecule is CNC(=O)N1CCC[C@H](C(=O)OC)C1. The van der Waals surface area contributed by atoms with E-state index >= 15 is 0 Å². The molecule has 0 spiro atoms. The van der Waals surface area contributed by atoms with Crippen LogP contribution in [0.25, 0.3) is 0 Å². The number of ether oxygens (including phenoxy) is 1. The molecule has 1 rings (SSSR count). The molecule has 0 aliphatic carbocycles. The third kappa shape index (κ3) is 2.37. The van der Waals surface area contributed by atoms with Gasteiger partial charge in [0.05, 0.1) is 13.0 Å². The molecule has 1 heterocycles. The zero-order chi connectivity index (χ0) is 10.6. The van der Waals surface area contributed by atoms with E-state index in [1.54, 1.807) is 11.9 Å². The van der Waals surface area contributed by atoms with E-state index in [4.69, 9.17) is 0 Å². The van der Waals surface area contributed by atoms with E-state index in [1.165, 1.54) is 7.11 Å². The number of esters is 1. The summed E-state index contributed by atoms with van der Waals surface area (Å²) in [6, 6.07) is -0.126. The predicted octanol–water partition coefficient (Wildman–Crippen LogP) is 0.211. The van der Waals surface area contributed by atoms with E-state index in [0.717, 1.165) is 12.8 Å². The van der Waals surface area contributed by atoms with Crippen LogP contribution in [-0.4, -0.2) is 44.1 Å². The number of rotatable bonds is 1. The molecule has 1 fully saturated rings. The first-order valence-electron chi connectivity index (χ1n) is 4.73. The molecule has 1 N–H and O–H groups in total. The van der Waals surface area contributed by atoms with Crippen LogP contribution in [0.1, 0.15) is 12.8 Å². The topological polar surface area (TPSA) is 58.6 Å². The van der Waals surface area contributed by atoms with Gasteiger partial charge in [0.25, 0.3) is 0 Å². The summed E-state index contributed by atoms with van der Waals surface area (Å²) >= 11 is 0. The molecule has 5 heteroatoms. The van der Waals surface area contributed by atoms with E-state index in [2.05, 4.69) is 10.1 Å². The van der Waals surface area contributed by atoms with Crippen LogP contribution in [0.3, 0.4) is 0 Å². The first-order chi connectivity index (χ1) is 6.69. The molecular weight excluding hydrogens is 184 g/mol. The fourth-order valence-electron chi connectivity index (χ4n) is 1.68. The Morgan fingerprint density at radius 3 is 2.79 bits per heavy atom. The summed E-state index contributed by atoms with van der Waals surface area (Å²) in [6.07, 6.45) is 1.66. The molecular formula is C9H16N2O3. The van der Waals surface area contributed by atoms with Crippen molar-refractivity contribution in [3.05, 3.63) is 0 Å². The number of urea groups is 1.